The van der Waals surface area contributed by atoms with E-state index < -0.39 is 18.3 Å². The van der Waals surface area contributed by atoms with Crippen molar-refractivity contribution in [3.05, 3.63) is 0 Å². The molecular weight excluding hydrogens is 269 g/mol. The number of halogens is 3. The molecule has 0 radical (unpaired) electrons. The zero-order valence-electron chi connectivity index (χ0n) is 12.5. The highest BCUT2D eigenvalue weighted by atomic mass is 19.4. The lowest BCUT2D eigenvalue weighted by atomic mass is 9.46. The van der Waals surface area contributed by atoms with Gasteiger partial charge in [-0.25, -0.2) is 0 Å². The molecule has 0 spiro atoms. The number of likely N-dealkylation sites (N-methyl/N-ethyl adjacent to an activating group) is 1. The van der Waals surface area contributed by atoms with Crippen LogP contribution in [0.5, 0.6) is 0 Å². The van der Waals surface area contributed by atoms with E-state index in [2.05, 4.69) is 0 Å². The van der Waals surface area contributed by atoms with Crippen molar-refractivity contribution in [1.29, 1.82) is 0 Å². The molecule has 3 unspecified atom stereocenters. The fourth-order valence-electron chi connectivity index (χ4n) is 3.89. The molecule has 0 aromatic carbocycles. The molecule has 2 rings (SSSR count). The maximum atomic E-state index is 12.6. The van der Waals surface area contributed by atoms with E-state index in [4.69, 9.17) is 10.5 Å². The van der Waals surface area contributed by atoms with Crippen LogP contribution >= 0.6 is 0 Å². The van der Waals surface area contributed by atoms with Crippen LogP contribution < -0.4 is 5.73 Å². The molecule has 1 heterocycles. The van der Waals surface area contributed by atoms with Gasteiger partial charge in [0.05, 0.1) is 12.6 Å². The average Bonchev–Trinajstić information content (AvgIpc) is 2.36. The molecule has 1 saturated carbocycles. The van der Waals surface area contributed by atoms with E-state index in [-0.39, 0.29) is 24.0 Å². The molecule has 0 bridgehead atoms. The summed E-state index contributed by atoms with van der Waals surface area (Å²) in [5.74, 6) is 0.175. The van der Waals surface area contributed by atoms with Crippen LogP contribution in [0.15, 0.2) is 0 Å². The first-order valence-electron chi connectivity index (χ1n) is 7.31. The first-order valence-corrected chi connectivity index (χ1v) is 7.31. The maximum Gasteiger partial charge on any atom is 0.401 e. The number of alkyl halides is 3. The van der Waals surface area contributed by atoms with Crippen molar-refractivity contribution >= 4 is 0 Å². The quantitative estimate of drug-likeness (QED) is 0.865. The summed E-state index contributed by atoms with van der Waals surface area (Å²) in [5, 5.41) is 0. The summed E-state index contributed by atoms with van der Waals surface area (Å²) in [7, 11) is 0. The molecule has 3 nitrogen and oxygen atoms in total. The number of fused-ring (bicyclic) bond motifs is 1. The lowest BCUT2D eigenvalue weighted by molar-refractivity contribution is -0.236. The Labute approximate surface area is 118 Å². The smallest absolute Gasteiger partial charge is 0.377 e. The molecule has 0 amide bonds. The van der Waals surface area contributed by atoms with Gasteiger partial charge >= 0.3 is 6.18 Å². The Morgan fingerprint density at radius 2 is 2.00 bits per heavy atom. The third-order valence-corrected chi connectivity index (χ3v) is 5.23. The van der Waals surface area contributed by atoms with Crippen LogP contribution in [-0.2, 0) is 4.74 Å². The molecule has 2 fully saturated rings. The van der Waals surface area contributed by atoms with E-state index in [0.29, 0.717) is 6.54 Å². The summed E-state index contributed by atoms with van der Waals surface area (Å²) >= 11 is 0. The van der Waals surface area contributed by atoms with Crippen LogP contribution in [-0.4, -0.2) is 49.0 Å². The molecular formula is C14H25F3N2O. The van der Waals surface area contributed by atoms with Crippen molar-refractivity contribution in [2.24, 2.45) is 17.1 Å². The van der Waals surface area contributed by atoms with Gasteiger partial charge in [-0.1, -0.05) is 20.8 Å². The van der Waals surface area contributed by atoms with Crippen molar-refractivity contribution in [3.63, 3.8) is 0 Å². The van der Waals surface area contributed by atoms with Gasteiger partial charge in [-0.2, -0.15) is 13.2 Å². The van der Waals surface area contributed by atoms with E-state index in [1.54, 1.807) is 6.92 Å². The second-order valence-corrected chi connectivity index (χ2v) is 6.72. The second-order valence-electron chi connectivity index (χ2n) is 6.72. The van der Waals surface area contributed by atoms with Gasteiger partial charge in [0.25, 0.3) is 0 Å². The Kier molecular flexibility index (Phi) is 4.13. The third-order valence-electron chi connectivity index (χ3n) is 5.23. The van der Waals surface area contributed by atoms with E-state index in [0.717, 1.165) is 19.4 Å². The normalized spacial score (nSPS) is 36.6. The van der Waals surface area contributed by atoms with E-state index in [9.17, 15) is 13.2 Å². The fraction of sp³-hybridized carbons (Fsp3) is 1.00. The zero-order valence-corrected chi connectivity index (χ0v) is 12.5. The van der Waals surface area contributed by atoms with Crippen molar-refractivity contribution < 1.29 is 17.9 Å². The highest BCUT2D eigenvalue weighted by Gasteiger charge is 2.66. The highest BCUT2D eigenvalue weighted by molar-refractivity contribution is 5.20. The van der Waals surface area contributed by atoms with Crippen LogP contribution in [0.2, 0.25) is 0 Å². The molecule has 3 atom stereocenters. The van der Waals surface area contributed by atoms with Gasteiger partial charge in [0.2, 0.25) is 0 Å². The van der Waals surface area contributed by atoms with Crippen molar-refractivity contribution in [2.45, 2.75) is 51.4 Å². The maximum absolute atomic E-state index is 12.6. The Balaban J connectivity index is 2.09. The molecule has 1 aliphatic heterocycles. The monoisotopic (exact) mass is 294 g/mol. The van der Waals surface area contributed by atoms with Gasteiger partial charge in [0.15, 0.2) is 0 Å². The predicted molar refractivity (Wildman–Crippen MR) is 71.3 cm³/mol. The van der Waals surface area contributed by atoms with Gasteiger partial charge in [-0.05, 0) is 19.4 Å². The minimum absolute atomic E-state index is 0.0887. The lowest BCUT2D eigenvalue weighted by Crippen LogP contribution is -2.80. The summed E-state index contributed by atoms with van der Waals surface area (Å²) in [6, 6.07) is 0. The molecule has 6 heteroatoms. The Hall–Kier alpha value is -0.330. The first kappa shape index (κ1) is 16.0. The van der Waals surface area contributed by atoms with Crippen LogP contribution in [0, 0.1) is 11.3 Å². The first-order chi connectivity index (χ1) is 9.12. The fourth-order valence-corrected chi connectivity index (χ4v) is 3.89. The van der Waals surface area contributed by atoms with Gasteiger partial charge in [0.1, 0.15) is 0 Å². The molecule has 2 aliphatic rings. The zero-order chi connectivity index (χ0) is 15.2. The summed E-state index contributed by atoms with van der Waals surface area (Å²) < 4.78 is 43.6. The van der Waals surface area contributed by atoms with Gasteiger partial charge < -0.3 is 10.5 Å². The number of hydrogen-bond acceptors (Lipinski definition) is 3. The molecule has 1 aliphatic carbocycles. The molecule has 1 saturated heterocycles. The third kappa shape index (κ3) is 2.57. The van der Waals surface area contributed by atoms with E-state index in [1.165, 1.54) is 4.90 Å². The average molecular weight is 294 g/mol. The molecule has 20 heavy (non-hydrogen) atoms. The molecule has 0 aromatic heterocycles. The van der Waals surface area contributed by atoms with Crippen molar-refractivity contribution in [3.8, 4) is 0 Å². The van der Waals surface area contributed by atoms with Crippen molar-refractivity contribution in [2.75, 3.05) is 26.2 Å². The highest BCUT2D eigenvalue weighted by Crippen LogP contribution is 2.57. The lowest BCUT2D eigenvalue weighted by Gasteiger charge is -2.67. The predicted octanol–water partition coefficient (Wildman–Crippen LogP) is 2.40. The van der Waals surface area contributed by atoms with Gasteiger partial charge in [-0.15, -0.1) is 0 Å². The van der Waals surface area contributed by atoms with Crippen LogP contribution in [0.4, 0.5) is 13.2 Å². The minimum Gasteiger partial charge on any atom is -0.377 e. The number of ether oxygens (including phenoxy) is 1. The topological polar surface area (TPSA) is 38.5 Å². The molecule has 118 valence electrons. The number of nitrogens with two attached hydrogens (primary N) is 1. The number of nitrogens with zero attached hydrogens (tertiary/aromatic N) is 1. The van der Waals surface area contributed by atoms with Crippen molar-refractivity contribution in [1.82, 2.24) is 4.90 Å². The minimum atomic E-state index is -4.18. The van der Waals surface area contributed by atoms with E-state index >= 15 is 0 Å². The van der Waals surface area contributed by atoms with Gasteiger partial charge in [-0.3, -0.25) is 4.90 Å². The largest absolute Gasteiger partial charge is 0.401 e. The number of hydrogen-bond donors (Lipinski definition) is 1. The Bertz CT molecular complexity index is 359. The standard InChI is InChI=1S/C14H25F3N2O/c1-4-19(9-14(15,16)17)8-13(18)10-6-5-7-20-11(10)12(13,2)3/h10-11H,4-9,18H2,1-3H3. The molecule has 2 N–H and O–H groups in total. The van der Waals surface area contributed by atoms with Gasteiger partial charge in [0, 0.05) is 30.0 Å². The summed E-state index contributed by atoms with van der Waals surface area (Å²) in [5.41, 5.74) is 5.66. The summed E-state index contributed by atoms with van der Waals surface area (Å²) in [6.45, 7) is 6.25. The second kappa shape index (κ2) is 5.14. The SMILES string of the molecule is CCN(CC(F)(F)F)CC1(N)C2CCCOC2C1(C)C. The molecule has 0 aromatic rings. The summed E-state index contributed by atoms with van der Waals surface area (Å²) in [4.78, 5) is 1.41. The number of rotatable bonds is 4. The van der Waals surface area contributed by atoms with Crippen LogP contribution in [0.1, 0.15) is 33.6 Å². The Morgan fingerprint density at radius 3 is 2.55 bits per heavy atom. The summed E-state index contributed by atoms with van der Waals surface area (Å²) in [6.07, 6.45) is -2.19. The van der Waals surface area contributed by atoms with E-state index in [1.807, 2.05) is 13.8 Å². The van der Waals surface area contributed by atoms with Crippen LogP contribution in [0.25, 0.3) is 0 Å². The Morgan fingerprint density at radius 1 is 1.35 bits per heavy atom. The van der Waals surface area contributed by atoms with Crippen LogP contribution in [0.3, 0.4) is 0 Å².